The number of fused-ring (bicyclic) bond motifs is 1. The lowest BCUT2D eigenvalue weighted by Crippen LogP contribution is -2.49. The van der Waals surface area contributed by atoms with Crippen LogP contribution >= 0.6 is 0 Å². The molecule has 0 saturated carbocycles. The molecular weight excluding hydrogens is 628 g/mol. The monoisotopic (exact) mass is 674 g/mol. The van der Waals surface area contributed by atoms with Crippen LogP contribution in [0.3, 0.4) is 0 Å². The topological polar surface area (TPSA) is 151 Å². The number of nitrogens with two attached hydrogens (primary N) is 1. The molecule has 0 aliphatic heterocycles. The lowest BCUT2D eigenvalue weighted by Gasteiger charge is -2.31. The Hall–Kier alpha value is -4.45. The summed E-state index contributed by atoms with van der Waals surface area (Å²) < 4.78 is 33.7. The van der Waals surface area contributed by atoms with Gasteiger partial charge in [0.05, 0.1) is 25.0 Å². The fourth-order valence-corrected chi connectivity index (χ4v) is 7.46. The van der Waals surface area contributed by atoms with E-state index in [-0.39, 0.29) is 55.2 Å². The number of aliphatic hydroxyl groups excluding tert-OH is 1. The highest BCUT2D eigenvalue weighted by molar-refractivity contribution is 7.89. The first-order valence-electron chi connectivity index (χ1n) is 16.2. The van der Waals surface area contributed by atoms with Crippen LogP contribution in [0.15, 0.2) is 95.9 Å². The summed E-state index contributed by atoms with van der Waals surface area (Å²) in [5.74, 6) is 0.0582. The van der Waals surface area contributed by atoms with Gasteiger partial charge >= 0.3 is 0 Å². The van der Waals surface area contributed by atoms with Crippen molar-refractivity contribution in [2.75, 3.05) is 32.5 Å². The molecule has 2 unspecified atom stereocenters. The Morgan fingerprint density at radius 1 is 0.938 bits per heavy atom. The first-order chi connectivity index (χ1) is 23.0. The molecule has 2 atom stereocenters. The summed E-state index contributed by atoms with van der Waals surface area (Å²) in [5.41, 5.74) is 7.93. The number of sulfonamides is 1. The standard InChI is InChI=1S/C37H46N4O6S/c1-26(2)24-41(48(45,46)33-19-15-30(38)16-20-33)31(25-42)11-7-21-39-37(44)35(23-29-10-6-9-28-8-4-5-12-34(28)29)40-36(43)22-27-13-17-32(47-3)18-14-27/h4-6,8-10,12-20,26,31,35,42H,7,11,21-25,38H2,1-3H3,(H,39,44)(H,40,43). The summed E-state index contributed by atoms with van der Waals surface area (Å²) in [5, 5.41) is 18.2. The third kappa shape index (κ3) is 9.79. The predicted molar refractivity (Wildman–Crippen MR) is 189 cm³/mol. The lowest BCUT2D eigenvalue weighted by molar-refractivity contribution is -0.128. The van der Waals surface area contributed by atoms with E-state index in [1.807, 2.05) is 68.4 Å². The van der Waals surface area contributed by atoms with Gasteiger partial charge in [-0.15, -0.1) is 0 Å². The third-order valence-electron chi connectivity index (χ3n) is 8.14. The molecule has 0 aliphatic rings. The Morgan fingerprint density at radius 2 is 1.62 bits per heavy atom. The van der Waals surface area contributed by atoms with Crippen LogP contribution in [-0.2, 0) is 32.5 Å². The van der Waals surface area contributed by atoms with E-state index in [0.29, 0.717) is 24.3 Å². The van der Waals surface area contributed by atoms with Gasteiger partial charge in [-0.2, -0.15) is 4.31 Å². The number of hydrogen-bond acceptors (Lipinski definition) is 7. The number of ether oxygens (including phenoxy) is 1. The van der Waals surface area contributed by atoms with Crippen molar-refractivity contribution >= 4 is 38.3 Å². The molecule has 256 valence electrons. The first-order valence-corrected chi connectivity index (χ1v) is 17.6. The zero-order valence-corrected chi connectivity index (χ0v) is 28.6. The molecule has 0 spiro atoms. The van der Waals surface area contributed by atoms with Crippen molar-refractivity contribution in [2.24, 2.45) is 5.92 Å². The van der Waals surface area contributed by atoms with Crippen molar-refractivity contribution in [3.63, 3.8) is 0 Å². The number of nitrogen functional groups attached to an aromatic ring is 1. The van der Waals surface area contributed by atoms with Crippen LogP contribution in [0.5, 0.6) is 5.75 Å². The molecule has 0 saturated heterocycles. The SMILES string of the molecule is COc1ccc(CC(=O)NC(Cc2cccc3ccccc23)C(=O)NCCCC(CO)N(CC(C)C)S(=O)(=O)c2ccc(N)cc2)cc1. The highest BCUT2D eigenvalue weighted by Crippen LogP contribution is 2.24. The smallest absolute Gasteiger partial charge is 0.243 e. The number of carbonyl (C=O) groups is 2. The van der Waals surface area contributed by atoms with E-state index in [2.05, 4.69) is 10.6 Å². The molecule has 11 heteroatoms. The van der Waals surface area contributed by atoms with Crippen LogP contribution < -0.4 is 21.1 Å². The molecule has 5 N–H and O–H groups in total. The Balaban J connectivity index is 1.45. The van der Waals surface area contributed by atoms with Gasteiger partial charge in [-0.25, -0.2) is 8.42 Å². The van der Waals surface area contributed by atoms with Crippen molar-refractivity contribution in [2.45, 2.75) is 56.5 Å². The van der Waals surface area contributed by atoms with E-state index in [9.17, 15) is 23.1 Å². The van der Waals surface area contributed by atoms with Crippen LogP contribution in [0.1, 0.15) is 37.8 Å². The summed E-state index contributed by atoms with van der Waals surface area (Å²) in [4.78, 5) is 26.9. The van der Waals surface area contributed by atoms with Gasteiger partial charge < -0.3 is 26.2 Å². The number of methoxy groups -OCH3 is 1. The maximum absolute atomic E-state index is 13.6. The van der Waals surface area contributed by atoms with Crippen molar-refractivity contribution in [3.05, 3.63) is 102 Å². The summed E-state index contributed by atoms with van der Waals surface area (Å²) in [6.07, 6.45) is 1.09. The molecule has 4 aromatic rings. The van der Waals surface area contributed by atoms with Gasteiger partial charge in [-0.05, 0) is 77.1 Å². The molecule has 2 amide bonds. The Labute approximate surface area is 283 Å². The van der Waals surface area contributed by atoms with Crippen molar-refractivity contribution < 1.29 is 27.9 Å². The van der Waals surface area contributed by atoms with Gasteiger partial charge in [-0.3, -0.25) is 9.59 Å². The van der Waals surface area contributed by atoms with Crippen molar-refractivity contribution in [1.82, 2.24) is 14.9 Å². The molecule has 10 nitrogen and oxygen atoms in total. The Bertz CT molecular complexity index is 1760. The summed E-state index contributed by atoms with van der Waals surface area (Å²) in [6, 6.07) is 25.4. The number of nitrogens with one attached hydrogen (secondary N) is 2. The molecule has 0 heterocycles. The summed E-state index contributed by atoms with van der Waals surface area (Å²) in [6.45, 7) is 3.91. The largest absolute Gasteiger partial charge is 0.497 e. The molecule has 0 fully saturated rings. The van der Waals surface area contributed by atoms with Gasteiger partial charge in [0.1, 0.15) is 11.8 Å². The zero-order valence-electron chi connectivity index (χ0n) is 27.8. The fourth-order valence-electron chi connectivity index (χ4n) is 5.65. The second-order valence-corrected chi connectivity index (χ2v) is 14.2. The minimum absolute atomic E-state index is 0.0126. The molecule has 4 rings (SSSR count). The number of aliphatic hydroxyl groups is 1. The van der Waals surface area contributed by atoms with Crippen LogP contribution in [0.2, 0.25) is 0 Å². The third-order valence-corrected chi connectivity index (χ3v) is 10.1. The second-order valence-electron chi connectivity index (χ2n) is 12.3. The minimum atomic E-state index is -3.91. The number of carbonyl (C=O) groups excluding carboxylic acids is 2. The van der Waals surface area contributed by atoms with Gasteiger partial charge in [0.25, 0.3) is 0 Å². The van der Waals surface area contributed by atoms with Crippen molar-refractivity contribution in [1.29, 1.82) is 0 Å². The van der Waals surface area contributed by atoms with Crippen LogP contribution in [-0.4, -0.2) is 68.5 Å². The van der Waals surface area contributed by atoms with Gasteiger partial charge in [0.15, 0.2) is 0 Å². The molecule has 48 heavy (non-hydrogen) atoms. The van der Waals surface area contributed by atoms with Gasteiger partial charge in [-0.1, -0.05) is 68.4 Å². The van der Waals surface area contributed by atoms with E-state index in [1.165, 1.54) is 28.6 Å². The fraction of sp³-hybridized carbons (Fsp3) is 0.351. The lowest BCUT2D eigenvalue weighted by atomic mass is 9.98. The number of amides is 2. The van der Waals surface area contributed by atoms with Crippen LogP contribution in [0.4, 0.5) is 5.69 Å². The van der Waals surface area contributed by atoms with Crippen LogP contribution in [0, 0.1) is 5.92 Å². The number of hydrogen-bond donors (Lipinski definition) is 4. The highest BCUT2D eigenvalue weighted by atomic mass is 32.2. The molecule has 0 aromatic heterocycles. The normalized spacial score (nSPS) is 13.0. The second kappa shape index (κ2) is 17.1. The minimum Gasteiger partial charge on any atom is -0.497 e. The molecule has 0 bridgehead atoms. The molecule has 0 radical (unpaired) electrons. The number of anilines is 1. The van der Waals surface area contributed by atoms with E-state index in [4.69, 9.17) is 10.5 Å². The number of benzene rings is 4. The molecule has 0 aliphatic carbocycles. The van der Waals surface area contributed by atoms with Gasteiger partial charge in [0.2, 0.25) is 21.8 Å². The van der Waals surface area contributed by atoms with Gasteiger partial charge in [0, 0.05) is 31.2 Å². The maximum Gasteiger partial charge on any atom is 0.243 e. The summed E-state index contributed by atoms with van der Waals surface area (Å²) in [7, 11) is -2.33. The van der Waals surface area contributed by atoms with E-state index < -0.39 is 22.1 Å². The molecule has 4 aromatic carbocycles. The number of rotatable bonds is 17. The van der Waals surface area contributed by atoms with Crippen molar-refractivity contribution in [3.8, 4) is 5.75 Å². The average Bonchev–Trinajstić information content (AvgIpc) is 3.07. The maximum atomic E-state index is 13.6. The Morgan fingerprint density at radius 3 is 2.29 bits per heavy atom. The first kappa shape index (κ1) is 36.4. The van der Waals surface area contributed by atoms with E-state index in [0.717, 1.165) is 21.9 Å². The Kier molecular flexibility index (Phi) is 13.0. The van der Waals surface area contributed by atoms with E-state index in [1.54, 1.807) is 19.2 Å². The van der Waals surface area contributed by atoms with Crippen LogP contribution in [0.25, 0.3) is 10.8 Å². The predicted octanol–water partition coefficient (Wildman–Crippen LogP) is 4.30. The highest BCUT2D eigenvalue weighted by Gasteiger charge is 2.31. The summed E-state index contributed by atoms with van der Waals surface area (Å²) >= 11 is 0. The molecular formula is C37H46N4O6S. The zero-order chi connectivity index (χ0) is 34.7. The average molecular weight is 675 g/mol. The van der Waals surface area contributed by atoms with E-state index >= 15 is 0 Å². The number of nitrogens with zero attached hydrogens (tertiary/aromatic N) is 1. The quantitative estimate of drug-likeness (QED) is 0.0963.